The van der Waals surface area contributed by atoms with Gasteiger partial charge in [0.2, 0.25) is 5.91 Å². The summed E-state index contributed by atoms with van der Waals surface area (Å²) >= 11 is 0. The van der Waals surface area contributed by atoms with E-state index in [1.807, 2.05) is 25.1 Å². The highest BCUT2D eigenvalue weighted by molar-refractivity contribution is 5.92. The molecule has 5 heteroatoms. The zero-order chi connectivity index (χ0) is 13.1. The molecule has 0 spiro atoms. The van der Waals surface area contributed by atoms with Crippen molar-refractivity contribution in [3.05, 3.63) is 29.3 Å². The smallest absolute Gasteiger partial charge is 0.238 e. The van der Waals surface area contributed by atoms with Gasteiger partial charge < -0.3 is 11.1 Å². The van der Waals surface area contributed by atoms with Crippen molar-refractivity contribution in [1.82, 2.24) is 4.90 Å². The maximum absolute atomic E-state index is 11.9. The van der Waals surface area contributed by atoms with E-state index >= 15 is 0 Å². The second-order valence-corrected chi connectivity index (χ2v) is 5.13. The number of rotatable bonds is 3. The minimum Gasteiger partial charge on any atom is -0.326 e. The van der Waals surface area contributed by atoms with Crippen LogP contribution in [0.3, 0.4) is 0 Å². The van der Waals surface area contributed by atoms with Crippen molar-refractivity contribution in [2.24, 2.45) is 5.73 Å². The van der Waals surface area contributed by atoms with E-state index in [4.69, 9.17) is 5.73 Å². The summed E-state index contributed by atoms with van der Waals surface area (Å²) in [5.41, 5.74) is 9.11. The van der Waals surface area contributed by atoms with E-state index in [0.717, 1.165) is 25.2 Å². The lowest BCUT2D eigenvalue weighted by molar-refractivity contribution is -0.117. The number of carbonyl (C=O) groups is 1. The lowest BCUT2D eigenvalue weighted by atomic mass is 10.1. The van der Waals surface area contributed by atoms with Gasteiger partial charge in [-0.25, -0.2) is 0 Å². The Morgan fingerprint density at radius 2 is 2.16 bits per heavy atom. The van der Waals surface area contributed by atoms with E-state index in [1.54, 1.807) is 0 Å². The Morgan fingerprint density at radius 3 is 2.74 bits per heavy atom. The summed E-state index contributed by atoms with van der Waals surface area (Å²) in [6, 6.07) is 6.19. The average Bonchev–Trinajstić information content (AvgIpc) is 2.69. The fourth-order valence-corrected chi connectivity index (χ4v) is 2.23. The van der Waals surface area contributed by atoms with Crippen molar-refractivity contribution in [3.63, 3.8) is 0 Å². The normalized spacial score (nSPS) is 19.0. The summed E-state index contributed by atoms with van der Waals surface area (Å²) in [6.07, 6.45) is 0.983. The van der Waals surface area contributed by atoms with Gasteiger partial charge in [0.25, 0.3) is 0 Å². The number of nitrogens with two attached hydrogens (primary N) is 1. The van der Waals surface area contributed by atoms with Crippen LogP contribution in [0.2, 0.25) is 0 Å². The molecule has 1 aliphatic rings. The highest BCUT2D eigenvalue weighted by atomic mass is 35.5. The number of aryl methyl sites for hydroxylation is 2. The van der Waals surface area contributed by atoms with Crippen molar-refractivity contribution in [1.29, 1.82) is 0 Å². The number of hydrogen-bond donors (Lipinski definition) is 2. The molecule has 1 amide bonds. The quantitative estimate of drug-likeness (QED) is 0.888. The van der Waals surface area contributed by atoms with Crippen molar-refractivity contribution in [2.45, 2.75) is 26.3 Å². The molecule has 106 valence electrons. The first kappa shape index (κ1) is 16.0. The number of likely N-dealkylation sites (tertiary alicyclic amines) is 1. The van der Waals surface area contributed by atoms with Crippen LogP contribution in [0.15, 0.2) is 18.2 Å². The maximum atomic E-state index is 11.9. The van der Waals surface area contributed by atoms with Crippen molar-refractivity contribution in [2.75, 3.05) is 25.0 Å². The molecule has 0 radical (unpaired) electrons. The first-order valence-corrected chi connectivity index (χ1v) is 6.39. The summed E-state index contributed by atoms with van der Waals surface area (Å²) in [7, 11) is 0. The lowest BCUT2D eigenvalue weighted by Crippen LogP contribution is -2.33. The Labute approximate surface area is 120 Å². The van der Waals surface area contributed by atoms with Gasteiger partial charge in [0, 0.05) is 24.8 Å². The lowest BCUT2D eigenvalue weighted by Gasteiger charge is -2.15. The zero-order valence-electron chi connectivity index (χ0n) is 11.5. The summed E-state index contributed by atoms with van der Waals surface area (Å²) in [5.74, 6) is 0.0346. The molecule has 1 atom stereocenters. The summed E-state index contributed by atoms with van der Waals surface area (Å²) in [4.78, 5) is 14.0. The monoisotopic (exact) mass is 283 g/mol. The Bertz CT molecular complexity index is 450. The molecule has 0 aliphatic carbocycles. The number of anilines is 1. The summed E-state index contributed by atoms with van der Waals surface area (Å²) in [5, 5.41) is 2.93. The van der Waals surface area contributed by atoms with Crippen LogP contribution >= 0.6 is 12.4 Å². The molecule has 1 aliphatic heterocycles. The first-order valence-electron chi connectivity index (χ1n) is 6.39. The largest absolute Gasteiger partial charge is 0.326 e. The number of nitrogens with zero attached hydrogens (tertiary/aromatic N) is 1. The average molecular weight is 284 g/mol. The van der Waals surface area contributed by atoms with Gasteiger partial charge in [0.05, 0.1) is 6.54 Å². The minimum absolute atomic E-state index is 0. The molecule has 3 N–H and O–H groups in total. The Morgan fingerprint density at radius 1 is 1.42 bits per heavy atom. The van der Waals surface area contributed by atoms with Crippen molar-refractivity contribution >= 4 is 24.0 Å². The van der Waals surface area contributed by atoms with Crippen LogP contribution in [0.1, 0.15) is 17.5 Å². The van der Waals surface area contributed by atoms with E-state index in [-0.39, 0.29) is 24.4 Å². The molecule has 1 aromatic rings. The molecule has 0 unspecified atom stereocenters. The van der Waals surface area contributed by atoms with Gasteiger partial charge in [-0.3, -0.25) is 9.69 Å². The van der Waals surface area contributed by atoms with Crippen molar-refractivity contribution in [3.8, 4) is 0 Å². The van der Waals surface area contributed by atoms with Crippen LogP contribution in [0.25, 0.3) is 0 Å². The third-order valence-electron chi connectivity index (χ3n) is 3.47. The standard InChI is InChI=1S/C14H21N3O.ClH/c1-10-3-4-13(7-11(10)2)16-14(18)9-17-6-5-12(15)8-17;/h3-4,7,12H,5-6,8-9,15H2,1-2H3,(H,16,18);1H/t12-;/m0./s1. The van der Waals surface area contributed by atoms with Crippen LogP contribution in [0.4, 0.5) is 5.69 Å². The van der Waals surface area contributed by atoms with Gasteiger partial charge in [-0.1, -0.05) is 6.07 Å². The van der Waals surface area contributed by atoms with E-state index < -0.39 is 0 Å². The Hall–Kier alpha value is -1.10. The molecular formula is C14H22ClN3O. The Balaban J connectivity index is 0.00000180. The molecular weight excluding hydrogens is 262 g/mol. The number of carbonyl (C=O) groups excluding carboxylic acids is 1. The van der Waals surface area contributed by atoms with E-state index in [9.17, 15) is 4.79 Å². The molecule has 1 fully saturated rings. The fourth-order valence-electron chi connectivity index (χ4n) is 2.23. The number of halogens is 1. The third kappa shape index (κ3) is 4.49. The summed E-state index contributed by atoms with van der Waals surface area (Å²) in [6.45, 7) is 6.28. The SMILES string of the molecule is Cc1ccc(NC(=O)CN2CC[C@H](N)C2)cc1C.Cl. The number of amides is 1. The number of benzene rings is 1. The molecule has 0 saturated carbocycles. The van der Waals surface area contributed by atoms with Crippen LogP contribution < -0.4 is 11.1 Å². The van der Waals surface area contributed by atoms with Crippen LogP contribution in [-0.4, -0.2) is 36.5 Å². The van der Waals surface area contributed by atoms with Gasteiger partial charge in [-0.2, -0.15) is 0 Å². The van der Waals surface area contributed by atoms with E-state index in [1.165, 1.54) is 11.1 Å². The van der Waals surface area contributed by atoms with Crippen LogP contribution in [0.5, 0.6) is 0 Å². The zero-order valence-corrected chi connectivity index (χ0v) is 12.3. The third-order valence-corrected chi connectivity index (χ3v) is 3.47. The topological polar surface area (TPSA) is 58.4 Å². The molecule has 1 heterocycles. The van der Waals surface area contributed by atoms with E-state index in [0.29, 0.717) is 6.54 Å². The highest BCUT2D eigenvalue weighted by Gasteiger charge is 2.20. The molecule has 1 saturated heterocycles. The van der Waals surface area contributed by atoms with Crippen LogP contribution in [0, 0.1) is 13.8 Å². The van der Waals surface area contributed by atoms with Gasteiger partial charge >= 0.3 is 0 Å². The molecule has 1 aromatic carbocycles. The van der Waals surface area contributed by atoms with Gasteiger partial charge in [0.15, 0.2) is 0 Å². The predicted molar refractivity (Wildman–Crippen MR) is 80.8 cm³/mol. The molecule has 2 rings (SSSR count). The first-order chi connectivity index (χ1) is 8.54. The second-order valence-electron chi connectivity index (χ2n) is 5.13. The minimum atomic E-state index is 0. The molecule has 4 nitrogen and oxygen atoms in total. The molecule has 19 heavy (non-hydrogen) atoms. The Kier molecular flexibility index (Phi) is 5.79. The van der Waals surface area contributed by atoms with E-state index in [2.05, 4.69) is 17.1 Å². The molecule has 0 bridgehead atoms. The fraction of sp³-hybridized carbons (Fsp3) is 0.500. The van der Waals surface area contributed by atoms with Gasteiger partial charge in [-0.15, -0.1) is 12.4 Å². The van der Waals surface area contributed by atoms with Crippen LogP contribution in [-0.2, 0) is 4.79 Å². The summed E-state index contributed by atoms with van der Waals surface area (Å²) < 4.78 is 0. The highest BCUT2D eigenvalue weighted by Crippen LogP contribution is 2.14. The van der Waals surface area contributed by atoms with Crippen molar-refractivity contribution < 1.29 is 4.79 Å². The number of hydrogen-bond acceptors (Lipinski definition) is 3. The van der Waals surface area contributed by atoms with Gasteiger partial charge in [0.1, 0.15) is 0 Å². The maximum Gasteiger partial charge on any atom is 0.238 e. The number of nitrogens with one attached hydrogen (secondary N) is 1. The second kappa shape index (κ2) is 6.89. The molecule has 0 aromatic heterocycles. The van der Waals surface area contributed by atoms with Gasteiger partial charge in [-0.05, 0) is 43.5 Å². The predicted octanol–water partition coefficient (Wildman–Crippen LogP) is 1.70.